The Labute approximate surface area is 112 Å². The lowest BCUT2D eigenvalue weighted by molar-refractivity contribution is 0.298. The van der Waals surface area contributed by atoms with Gasteiger partial charge in [0.2, 0.25) is 11.8 Å². The molecule has 0 N–H and O–H groups in total. The first-order valence-electron chi connectivity index (χ1n) is 6.28. The Morgan fingerprint density at radius 1 is 1.11 bits per heavy atom. The molecule has 2 rings (SSSR count). The minimum Gasteiger partial charge on any atom is -0.481 e. The molecule has 2 aromatic heterocycles. The molecule has 0 atom stereocenters. The van der Waals surface area contributed by atoms with Gasteiger partial charge in [-0.15, -0.1) is 0 Å². The Balaban J connectivity index is 2.08. The van der Waals surface area contributed by atoms with E-state index in [0.29, 0.717) is 18.4 Å². The van der Waals surface area contributed by atoms with Crippen LogP contribution in [0.3, 0.4) is 0 Å². The zero-order valence-electron chi connectivity index (χ0n) is 11.2. The van der Waals surface area contributed by atoms with Gasteiger partial charge in [-0.05, 0) is 12.5 Å². The second kappa shape index (κ2) is 6.68. The molecule has 2 aromatic rings. The summed E-state index contributed by atoms with van der Waals surface area (Å²) >= 11 is 0. The molecule has 0 amide bonds. The molecule has 0 aliphatic carbocycles. The van der Waals surface area contributed by atoms with Crippen LogP contribution in [0.4, 0.5) is 0 Å². The SMILES string of the molecule is CCCCOc1ccc(-c2cc(OC)ncn2)cn1. The molecule has 100 valence electrons. The molecule has 0 aromatic carbocycles. The lowest BCUT2D eigenvalue weighted by atomic mass is 10.2. The van der Waals surface area contributed by atoms with Crippen LogP contribution in [-0.2, 0) is 0 Å². The van der Waals surface area contributed by atoms with Crippen molar-refractivity contribution in [2.45, 2.75) is 19.8 Å². The molecule has 19 heavy (non-hydrogen) atoms. The van der Waals surface area contributed by atoms with Crippen molar-refractivity contribution in [1.29, 1.82) is 0 Å². The van der Waals surface area contributed by atoms with Gasteiger partial charge < -0.3 is 9.47 Å². The first-order valence-corrected chi connectivity index (χ1v) is 6.28. The molecule has 0 bridgehead atoms. The minimum atomic E-state index is 0.535. The van der Waals surface area contributed by atoms with E-state index in [4.69, 9.17) is 9.47 Å². The molecule has 5 nitrogen and oxygen atoms in total. The number of methoxy groups -OCH3 is 1. The van der Waals surface area contributed by atoms with Crippen LogP contribution in [0.1, 0.15) is 19.8 Å². The fourth-order valence-corrected chi connectivity index (χ4v) is 1.55. The molecule has 0 aliphatic rings. The molecule has 2 heterocycles. The Morgan fingerprint density at radius 2 is 2.00 bits per heavy atom. The van der Waals surface area contributed by atoms with E-state index >= 15 is 0 Å². The van der Waals surface area contributed by atoms with E-state index < -0.39 is 0 Å². The molecule has 0 aliphatic heterocycles. The predicted octanol–water partition coefficient (Wildman–Crippen LogP) is 2.73. The van der Waals surface area contributed by atoms with Crippen molar-refractivity contribution in [3.63, 3.8) is 0 Å². The third kappa shape index (κ3) is 3.64. The summed E-state index contributed by atoms with van der Waals surface area (Å²) in [5.41, 5.74) is 1.68. The van der Waals surface area contributed by atoms with Gasteiger partial charge in [0.05, 0.1) is 19.4 Å². The van der Waals surface area contributed by atoms with E-state index in [1.165, 1.54) is 6.33 Å². The van der Waals surface area contributed by atoms with Gasteiger partial charge in [-0.2, -0.15) is 0 Å². The predicted molar refractivity (Wildman–Crippen MR) is 72.2 cm³/mol. The number of hydrogen-bond acceptors (Lipinski definition) is 5. The Kier molecular flexibility index (Phi) is 4.66. The van der Waals surface area contributed by atoms with Crippen molar-refractivity contribution in [2.24, 2.45) is 0 Å². The molecule has 5 heteroatoms. The summed E-state index contributed by atoms with van der Waals surface area (Å²) in [6, 6.07) is 5.55. The molecule has 0 unspecified atom stereocenters. The van der Waals surface area contributed by atoms with Crippen LogP contribution in [-0.4, -0.2) is 28.7 Å². The smallest absolute Gasteiger partial charge is 0.216 e. The van der Waals surface area contributed by atoms with E-state index in [2.05, 4.69) is 21.9 Å². The maximum atomic E-state index is 5.51. The Bertz CT molecular complexity index is 514. The maximum absolute atomic E-state index is 5.51. The van der Waals surface area contributed by atoms with Gasteiger partial charge >= 0.3 is 0 Å². The van der Waals surface area contributed by atoms with Crippen molar-refractivity contribution < 1.29 is 9.47 Å². The van der Waals surface area contributed by atoms with Crippen LogP contribution in [0.15, 0.2) is 30.7 Å². The lowest BCUT2D eigenvalue weighted by Gasteiger charge is -2.05. The van der Waals surface area contributed by atoms with Gasteiger partial charge in [0.15, 0.2) is 0 Å². The highest BCUT2D eigenvalue weighted by Crippen LogP contribution is 2.20. The monoisotopic (exact) mass is 259 g/mol. The summed E-state index contributed by atoms with van der Waals surface area (Å²) in [6.07, 6.45) is 5.36. The van der Waals surface area contributed by atoms with Crippen molar-refractivity contribution in [1.82, 2.24) is 15.0 Å². The fraction of sp³-hybridized carbons (Fsp3) is 0.357. The molecule has 0 fully saturated rings. The van der Waals surface area contributed by atoms with Crippen LogP contribution in [0, 0.1) is 0 Å². The van der Waals surface area contributed by atoms with Gasteiger partial charge in [-0.25, -0.2) is 15.0 Å². The van der Waals surface area contributed by atoms with E-state index in [1.807, 2.05) is 12.1 Å². The average molecular weight is 259 g/mol. The first-order chi connectivity index (χ1) is 9.33. The maximum Gasteiger partial charge on any atom is 0.216 e. The van der Waals surface area contributed by atoms with Gasteiger partial charge in [0, 0.05) is 23.9 Å². The number of nitrogens with zero attached hydrogens (tertiary/aromatic N) is 3. The number of pyridine rings is 1. The number of rotatable bonds is 6. The number of ether oxygens (including phenoxy) is 2. The zero-order valence-corrected chi connectivity index (χ0v) is 11.2. The van der Waals surface area contributed by atoms with Crippen molar-refractivity contribution in [2.75, 3.05) is 13.7 Å². The van der Waals surface area contributed by atoms with Gasteiger partial charge in [0.25, 0.3) is 0 Å². The summed E-state index contributed by atoms with van der Waals surface area (Å²) in [6.45, 7) is 2.83. The van der Waals surface area contributed by atoms with E-state index in [-0.39, 0.29) is 0 Å². The van der Waals surface area contributed by atoms with Gasteiger partial charge in [-0.3, -0.25) is 0 Å². The molecule has 0 radical (unpaired) electrons. The summed E-state index contributed by atoms with van der Waals surface area (Å²) in [4.78, 5) is 12.4. The fourth-order valence-electron chi connectivity index (χ4n) is 1.55. The summed E-state index contributed by atoms with van der Waals surface area (Å²) in [5, 5.41) is 0. The summed E-state index contributed by atoms with van der Waals surface area (Å²) in [5.74, 6) is 1.17. The van der Waals surface area contributed by atoms with Crippen molar-refractivity contribution >= 4 is 0 Å². The topological polar surface area (TPSA) is 57.1 Å². The lowest BCUT2D eigenvalue weighted by Crippen LogP contribution is -1.98. The molecular weight excluding hydrogens is 242 g/mol. The molecule has 0 spiro atoms. The minimum absolute atomic E-state index is 0.535. The highest BCUT2D eigenvalue weighted by molar-refractivity contribution is 5.58. The van der Waals surface area contributed by atoms with E-state index in [9.17, 15) is 0 Å². The van der Waals surface area contributed by atoms with Crippen LogP contribution in [0.2, 0.25) is 0 Å². The molecule has 0 saturated heterocycles. The highest BCUT2D eigenvalue weighted by Gasteiger charge is 2.03. The number of aromatic nitrogens is 3. The van der Waals surface area contributed by atoms with Crippen molar-refractivity contribution in [3.8, 4) is 23.0 Å². The zero-order chi connectivity index (χ0) is 13.5. The number of hydrogen-bond donors (Lipinski definition) is 0. The van der Waals surface area contributed by atoms with Crippen LogP contribution in [0.25, 0.3) is 11.3 Å². The standard InChI is InChI=1S/C14H17N3O2/c1-3-4-7-19-13-6-5-11(9-15-13)12-8-14(18-2)17-10-16-12/h5-6,8-10H,3-4,7H2,1-2H3. The van der Waals surface area contributed by atoms with Crippen molar-refractivity contribution in [3.05, 3.63) is 30.7 Å². The second-order valence-electron chi connectivity index (χ2n) is 4.03. The quantitative estimate of drug-likeness (QED) is 0.746. The molecule has 0 saturated carbocycles. The normalized spacial score (nSPS) is 10.2. The average Bonchev–Trinajstić information content (AvgIpc) is 2.48. The summed E-state index contributed by atoms with van der Waals surface area (Å²) in [7, 11) is 1.58. The third-order valence-corrected chi connectivity index (χ3v) is 2.63. The third-order valence-electron chi connectivity index (χ3n) is 2.63. The van der Waals surface area contributed by atoms with Crippen LogP contribution >= 0.6 is 0 Å². The first kappa shape index (κ1) is 13.3. The van der Waals surface area contributed by atoms with E-state index in [0.717, 1.165) is 24.1 Å². The van der Waals surface area contributed by atoms with Gasteiger partial charge in [-0.1, -0.05) is 13.3 Å². The highest BCUT2D eigenvalue weighted by atomic mass is 16.5. The van der Waals surface area contributed by atoms with Crippen LogP contribution in [0.5, 0.6) is 11.8 Å². The largest absolute Gasteiger partial charge is 0.481 e. The van der Waals surface area contributed by atoms with Gasteiger partial charge in [0.1, 0.15) is 6.33 Å². The van der Waals surface area contributed by atoms with Crippen LogP contribution < -0.4 is 9.47 Å². The Hall–Kier alpha value is -2.17. The summed E-state index contributed by atoms with van der Waals surface area (Å²) < 4.78 is 10.6. The Morgan fingerprint density at radius 3 is 2.68 bits per heavy atom. The molecular formula is C14H17N3O2. The van der Waals surface area contributed by atoms with E-state index in [1.54, 1.807) is 19.4 Å². The number of unbranched alkanes of at least 4 members (excludes halogenated alkanes) is 1. The second-order valence-corrected chi connectivity index (χ2v) is 4.03.